The van der Waals surface area contributed by atoms with Crippen molar-refractivity contribution < 1.29 is 19.1 Å². The SMILES string of the molecule is CCCCCCCCN(C(=O)C(NC(=O)OC(C)(C)C)C(C)CC)C(C(=O)Nc1c(C)cccc1C)c1cccc(C)c1. The Kier molecular flexibility index (Phi) is 14.2. The van der Waals surface area contributed by atoms with Gasteiger partial charge >= 0.3 is 6.09 Å². The van der Waals surface area contributed by atoms with Crippen molar-refractivity contribution in [3.05, 3.63) is 64.7 Å². The lowest BCUT2D eigenvalue weighted by Gasteiger charge is -2.36. The molecular formula is C36H55N3O4. The van der Waals surface area contributed by atoms with Crippen LogP contribution in [0.2, 0.25) is 0 Å². The molecule has 3 amide bonds. The smallest absolute Gasteiger partial charge is 0.408 e. The Hall–Kier alpha value is -3.35. The van der Waals surface area contributed by atoms with Crippen LogP contribution in [0.15, 0.2) is 42.5 Å². The first-order valence-corrected chi connectivity index (χ1v) is 16.0. The minimum Gasteiger partial charge on any atom is -0.444 e. The number of aryl methyl sites for hydroxylation is 3. The van der Waals surface area contributed by atoms with Crippen LogP contribution in [-0.4, -0.2) is 41.0 Å². The largest absolute Gasteiger partial charge is 0.444 e. The number of rotatable bonds is 15. The van der Waals surface area contributed by atoms with Crippen LogP contribution in [0.4, 0.5) is 10.5 Å². The van der Waals surface area contributed by atoms with Crippen molar-refractivity contribution in [2.45, 2.75) is 125 Å². The number of alkyl carbamates (subject to hydrolysis) is 1. The van der Waals surface area contributed by atoms with Gasteiger partial charge in [-0.3, -0.25) is 9.59 Å². The number of hydrogen-bond acceptors (Lipinski definition) is 4. The van der Waals surface area contributed by atoms with Gasteiger partial charge in [-0.15, -0.1) is 0 Å². The number of nitrogens with zero attached hydrogens (tertiary/aromatic N) is 1. The number of benzene rings is 2. The summed E-state index contributed by atoms with van der Waals surface area (Å²) < 4.78 is 5.54. The van der Waals surface area contributed by atoms with Crippen molar-refractivity contribution in [2.75, 3.05) is 11.9 Å². The van der Waals surface area contributed by atoms with Gasteiger partial charge in [-0.25, -0.2) is 4.79 Å². The van der Waals surface area contributed by atoms with Gasteiger partial charge in [0.25, 0.3) is 5.91 Å². The van der Waals surface area contributed by atoms with Crippen LogP contribution in [0.3, 0.4) is 0 Å². The maximum Gasteiger partial charge on any atom is 0.408 e. The maximum absolute atomic E-state index is 14.6. The lowest BCUT2D eigenvalue weighted by molar-refractivity contribution is -0.142. The first-order chi connectivity index (χ1) is 20.3. The minimum atomic E-state index is -0.881. The van der Waals surface area contributed by atoms with E-state index in [1.807, 2.05) is 77.1 Å². The second-order valence-electron chi connectivity index (χ2n) is 12.9. The molecule has 2 rings (SSSR count). The highest BCUT2D eigenvalue weighted by Gasteiger charge is 2.38. The van der Waals surface area contributed by atoms with Gasteiger partial charge in [0.2, 0.25) is 5.91 Å². The lowest BCUT2D eigenvalue weighted by atomic mass is 9.95. The average Bonchev–Trinajstić information content (AvgIpc) is 2.93. The fourth-order valence-electron chi connectivity index (χ4n) is 5.24. The summed E-state index contributed by atoms with van der Waals surface area (Å²) in [7, 11) is 0. The van der Waals surface area contributed by atoms with E-state index in [9.17, 15) is 14.4 Å². The van der Waals surface area contributed by atoms with Crippen LogP contribution in [0, 0.1) is 26.7 Å². The van der Waals surface area contributed by atoms with Crippen molar-refractivity contribution in [1.29, 1.82) is 0 Å². The fourth-order valence-corrected chi connectivity index (χ4v) is 5.24. The molecule has 0 aliphatic heterocycles. The summed E-state index contributed by atoms with van der Waals surface area (Å²) in [6.07, 6.45) is 6.30. The van der Waals surface area contributed by atoms with Gasteiger partial charge < -0.3 is 20.3 Å². The molecule has 0 spiro atoms. The van der Waals surface area contributed by atoms with Crippen molar-refractivity contribution in [3.8, 4) is 0 Å². The van der Waals surface area contributed by atoms with Crippen molar-refractivity contribution in [2.24, 2.45) is 5.92 Å². The minimum absolute atomic E-state index is 0.174. The molecule has 0 aromatic heterocycles. The number of amides is 3. The number of carbonyl (C=O) groups is 3. The van der Waals surface area contributed by atoms with Crippen LogP contribution < -0.4 is 10.6 Å². The van der Waals surface area contributed by atoms with Crippen molar-refractivity contribution in [3.63, 3.8) is 0 Å². The first kappa shape index (κ1) is 35.8. The quantitative estimate of drug-likeness (QED) is 0.203. The predicted molar refractivity (Wildman–Crippen MR) is 176 cm³/mol. The highest BCUT2D eigenvalue weighted by molar-refractivity contribution is 6.00. The number of para-hydroxylation sites is 1. The molecule has 2 aromatic rings. The standard InChI is InChI=1S/C36H55N3O4/c1-10-12-13-14-15-16-23-39(34(41)31(26(4)11-2)38-35(42)43-36(7,8)9)32(29-22-17-19-25(3)24-29)33(40)37-30-27(5)20-18-21-28(30)6/h17-22,24,26,31-32H,10-16,23H2,1-9H3,(H,37,40)(H,38,42). The zero-order chi connectivity index (χ0) is 32.2. The molecule has 7 nitrogen and oxygen atoms in total. The Morgan fingerprint density at radius 2 is 1.49 bits per heavy atom. The van der Waals surface area contributed by atoms with Gasteiger partial charge in [-0.2, -0.15) is 0 Å². The summed E-state index contributed by atoms with van der Waals surface area (Å²) in [4.78, 5) is 43.5. The molecule has 0 saturated carbocycles. The summed E-state index contributed by atoms with van der Waals surface area (Å²) in [5.41, 5.74) is 3.69. The highest BCUT2D eigenvalue weighted by Crippen LogP contribution is 2.29. The Morgan fingerprint density at radius 1 is 0.884 bits per heavy atom. The molecular weight excluding hydrogens is 538 g/mol. The van der Waals surface area contributed by atoms with Crippen LogP contribution >= 0.6 is 0 Å². The van der Waals surface area contributed by atoms with E-state index in [2.05, 4.69) is 17.6 Å². The molecule has 0 bridgehead atoms. The van der Waals surface area contributed by atoms with Gasteiger partial charge in [-0.05, 0) is 70.6 Å². The molecule has 0 radical (unpaired) electrons. The van der Waals surface area contributed by atoms with Crippen LogP contribution in [-0.2, 0) is 14.3 Å². The highest BCUT2D eigenvalue weighted by atomic mass is 16.6. The summed E-state index contributed by atoms with van der Waals surface area (Å²) in [6, 6.07) is 11.9. The number of hydrogen-bond donors (Lipinski definition) is 2. The van der Waals surface area contributed by atoms with E-state index in [0.29, 0.717) is 13.0 Å². The normalized spacial score (nSPS) is 13.5. The van der Waals surface area contributed by atoms with Gasteiger partial charge in [0.15, 0.2) is 0 Å². The third-order valence-corrected chi connectivity index (χ3v) is 7.83. The van der Waals surface area contributed by atoms with Crippen molar-refractivity contribution in [1.82, 2.24) is 10.2 Å². The molecule has 0 saturated heterocycles. The molecule has 2 N–H and O–H groups in total. The van der Waals surface area contributed by atoms with Crippen LogP contribution in [0.5, 0.6) is 0 Å². The van der Waals surface area contributed by atoms with Crippen LogP contribution in [0.1, 0.15) is 115 Å². The Morgan fingerprint density at radius 3 is 2.07 bits per heavy atom. The summed E-state index contributed by atoms with van der Waals surface area (Å²) in [5, 5.41) is 6.02. The molecule has 3 atom stereocenters. The first-order valence-electron chi connectivity index (χ1n) is 16.0. The topological polar surface area (TPSA) is 87.7 Å². The molecule has 238 valence electrons. The summed E-state index contributed by atoms with van der Waals surface area (Å²) in [5.74, 6) is -0.730. The molecule has 2 aromatic carbocycles. The molecule has 43 heavy (non-hydrogen) atoms. The molecule has 0 heterocycles. The molecule has 3 unspecified atom stereocenters. The molecule has 0 fully saturated rings. The van der Waals surface area contributed by atoms with Gasteiger partial charge in [0, 0.05) is 12.2 Å². The van der Waals surface area contributed by atoms with Gasteiger partial charge in [0.05, 0.1) is 0 Å². The van der Waals surface area contributed by atoms with Crippen molar-refractivity contribution >= 4 is 23.6 Å². The van der Waals surface area contributed by atoms with E-state index in [4.69, 9.17) is 4.74 Å². The Labute approximate surface area is 260 Å². The molecule has 7 heteroatoms. The predicted octanol–water partition coefficient (Wildman–Crippen LogP) is 8.42. The van der Waals surface area contributed by atoms with Gasteiger partial charge in [0.1, 0.15) is 17.7 Å². The summed E-state index contributed by atoms with van der Waals surface area (Å²) in [6.45, 7) is 17.8. The van der Waals surface area contributed by atoms with E-state index in [1.165, 1.54) is 6.42 Å². The van der Waals surface area contributed by atoms with E-state index in [-0.39, 0.29) is 17.7 Å². The summed E-state index contributed by atoms with van der Waals surface area (Å²) >= 11 is 0. The van der Waals surface area contributed by atoms with E-state index >= 15 is 0 Å². The monoisotopic (exact) mass is 593 g/mol. The molecule has 0 aliphatic rings. The number of carbonyl (C=O) groups excluding carboxylic acids is 3. The third kappa shape index (κ3) is 11.3. The van der Waals surface area contributed by atoms with E-state index in [1.54, 1.807) is 25.7 Å². The average molecular weight is 594 g/mol. The second-order valence-corrected chi connectivity index (χ2v) is 12.9. The lowest BCUT2D eigenvalue weighted by Crippen LogP contribution is -2.55. The zero-order valence-electron chi connectivity index (χ0n) is 28.0. The van der Waals surface area contributed by atoms with Gasteiger partial charge in [-0.1, -0.05) is 107 Å². The number of ether oxygens (including phenoxy) is 1. The number of anilines is 1. The zero-order valence-corrected chi connectivity index (χ0v) is 28.0. The number of unbranched alkanes of at least 4 members (excludes halogenated alkanes) is 5. The van der Waals surface area contributed by atoms with E-state index < -0.39 is 23.8 Å². The van der Waals surface area contributed by atoms with E-state index in [0.717, 1.165) is 60.0 Å². The molecule has 0 aliphatic carbocycles. The van der Waals surface area contributed by atoms with Crippen LogP contribution in [0.25, 0.3) is 0 Å². The second kappa shape index (κ2) is 17.1. The number of nitrogens with one attached hydrogen (secondary N) is 2. The Balaban J connectivity index is 2.57. The third-order valence-electron chi connectivity index (χ3n) is 7.83. The fraction of sp³-hybridized carbons (Fsp3) is 0.583. The maximum atomic E-state index is 14.6. The Bertz CT molecular complexity index is 1180.